The van der Waals surface area contributed by atoms with Crippen LogP contribution in [0.2, 0.25) is 0 Å². The van der Waals surface area contributed by atoms with Crippen LogP contribution in [0, 0.1) is 5.13 Å². The van der Waals surface area contributed by atoms with E-state index in [0.29, 0.717) is 23.3 Å². The van der Waals surface area contributed by atoms with E-state index in [0.717, 1.165) is 43.1 Å². The van der Waals surface area contributed by atoms with Gasteiger partial charge in [0.15, 0.2) is 6.23 Å². The number of ether oxygens (including phenoxy) is 1. The molecule has 2 N–H and O–H groups in total. The van der Waals surface area contributed by atoms with Crippen molar-refractivity contribution in [2.45, 2.75) is 84.2 Å². The van der Waals surface area contributed by atoms with Crippen molar-refractivity contribution < 1.29 is 37.0 Å². The van der Waals surface area contributed by atoms with Crippen LogP contribution in [0.1, 0.15) is 70.4 Å². The Hall–Kier alpha value is -3.58. The molecule has 0 fully saturated rings. The van der Waals surface area contributed by atoms with E-state index in [-0.39, 0.29) is 28.5 Å². The third-order valence-electron chi connectivity index (χ3n) is 6.47. The third kappa shape index (κ3) is 8.96. The van der Waals surface area contributed by atoms with Crippen LogP contribution in [-0.4, -0.2) is 39.4 Å². The van der Waals surface area contributed by atoms with Gasteiger partial charge in [-0.3, -0.25) is 15.1 Å². The number of aliphatic carboxylic acids is 1. The summed E-state index contributed by atoms with van der Waals surface area (Å²) in [4.78, 5) is 33.5. The zero-order valence-corrected chi connectivity index (χ0v) is 24.4. The summed E-state index contributed by atoms with van der Waals surface area (Å²) in [5.41, 5.74) is -0.893. The molecule has 0 radical (unpaired) electrons. The quantitative estimate of drug-likeness (QED) is 0.108. The van der Waals surface area contributed by atoms with Crippen molar-refractivity contribution in [3.05, 3.63) is 59.0 Å². The van der Waals surface area contributed by atoms with Crippen LogP contribution < -0.4 is 10.2 Å². The van der Waals surface area contributed by atoms with Gasteiger partial charge in [-0.15, -0.1) is 0 Å². The minimum atomic E-state index is -4.72. The molecule has 13 heteroatoms. The summed E-state index contributed by atoms with van der Waals surface area (Å²) in [6.45, 7) is 4.78. The highest BCUT2D eigenvalue weighted by atomic mass is 32.1. The number of aryl methyl sites for hydroxylation is 1. The lowest BCUT2D eigenvalue weighted by Gasteiger charge is -2.25. The Bertz CT molecular complexity index is 1340. The van der Waals surface area contributed by atoms with Crippen molar-refractivity contribution in [2.24, 2.45) is 0 Å². The number of nitrogens with one attached hydrogen (secondary N) is 1. The zero-order chi connectivity index (χ0) is 30.9. The number of aromatic nitrogens is 2. The van der Waals surface area contributed by atoms with E-state index in [2.05, 4.69) is 22.2 Å². The number of carbonyl (C=O) groups is 2. The number of carbonyl (C=O) groups excluding carboxylic acids is 1. The van der Waals surface area contributed by atoms with E-state index in [9.17, 15) is 22.8 Å². The van der Waals surface area contributed by atoms with E-state index in [4.69, 9.17) is 9.84 Å². The molecule has 2 atom stereocenters. The number of carboxylic acids is 1. The van der Waals surface area contributed by atoms with Gasteiger partial charge in [-0.1, -0.05) is 56.4 Å². The van der Waals surface area contributed by atoms with E-state index in [1.807, 2.05) is 0 Å². The minimum Gasteiger partial charge on any atom is -0.480 e. The van der Waals surface area contributed by atoms with Crippen LogP contribution in [-0.2, 0) is 22.1 Å². The number of hydrogen-bond acceptors (Lipinski definition) is 7. The van der Waals surface area contributed by atoms with Crippen LogP contribution in [0.5, 0.6) is 0 Å². The normalized spacial score (nSPS) is 13.0. The number of benzene rings is 1. The number of hydrogen-bond donors (Lipinski definition) is 2. The molecule has 8 nitrogen and oxygen atoms in total. The Balaban J connectivity index is 1.99. The second-order valence-corrected chi connectivity index (χ2v) is 10.7. The third-order valence-corrected chi connectivity index (χ3v) is 7.30. The topological polar surface area (TPSA) is 105 Å². The highest BCUT2D eigenvalue weighted by Gasteiger charge is 2.35. The Morgan fingerprint density at radius 2 is 1.83 bits per heavy atom. The lowest BCUT2D eigenvalue weighted by atomic mass is 9.99. The number of rotatable bonds is 14. The van der Waals surface area contributed by atoms with Crippen molar-refractivity contribution >= 4 is 34.2 Å². The Kier molecular flexibility index (Phi) is 11.8. The first kappa shape index (κ1) is 32.9. The summed E-state index contributed by atoms with van der Waals surface area (Å²) in [6.07, 6.45) is 1.51. The first-order chi connectivity index (χ1) is 19.9. The fraction of sp³-hybridized carbons (Fsp3) is 0.448. The van der Waals surface area contributed by atoms with Gasteiger partial charge in [0.1, 0.15) is 11.7 Å². The van der Waals surface area contributed by atoms with E-state index in [1.165, 1.54) is 38.4 Å². The first-order valence-electron chi connectivity index (χ1n) is 13.7. The summed E-state index contributed by atoms with van der Waals surface area (Å²) >= 11 is 0.451. The number of thiazole rings is 1. The molecule has 0 spiro atoms. The monoisotopic (exact) mass is 610 g/mol. The van der Waals surface area contributed by atoms with Crippen molar-refractivity contribution in [3.63, 3.8) is 0 Å². The molecule has 228 valence electrons. The number of alkyl halides is 3. The van der Waals surface area contributed by atoms with Gasteiger partial charge in [-0.05, 0) is 56.5 Å². The molecule has 2 heterocycles. The molecule has 2 aromatic heterocycles. The smallest absolute Gasteiger partial charge is 0.422 e. The van der Waals surface area contributed by atoms with Gasteiger partial charge in [0.2, 0.25) is 10.3 Å². The number of pyridine rings is 1. The largest absolute Gasteiger partial charge is 0.480 e. The summed E-state index contributed by atoms with van der Waals surface area (Å²) in [6, 6.07) is 5.50. The molecule has 0 aliphatic rings. The van der Waals surface area contributed by atoms with Gasteiger partial charge >= 0.3 is 18.2 Å². The van der Waals surface area contributed by atoms with Gasteiger partial charge in [0.05, 0.1) is 11.3 Å². The number of halogens is 4. The van der Waals surface area contributed by atoms with E-state index >= 15 is 4.39 Å². The van der Waals surface area contributed by atoms with Gasteiger partial charge in [-0.25, -0.2) is 14.7 Å². The molecule has 0 aliphatic carbocycles. The summed E-state index contributed by atoms with van der Waals surface area (Å²) in [7, 11) is 0. The summed E-state index contributed by atoms with van der Waals surface area (Å²) in [5.74, 6) is -1.20. The molecule has 42 heavy (non-hydrogen) atoms. The average molecular weight is 611 g/mol. The molecule has 3 aromatic rings. The molecule has 0 saturated carbocycles. The van der Waals surface area contributed by atoms with Crippen LogP contribution in [0.25, 0.3) is 11.3 Å². The average Bonchev–Trinajstić information content (AvgIpc) is 3.31. The Labute approximate surface area is 245 Å². The number of nitrogens with zero attached hydrogens (tertiary/aromatic N) is 3. The number of carboxylic acid groups (broad SMARTS) is 1. The van der Waals surface area contributed by atoms with Crippen molar-refractivity contribution in [1.82, 2.24) is 15.3 Å². The van der Waals surface area contributed by atoms with Gasteiger partial charge in [0, 0.05) is 18.0 Å². The number of amides is 1. The fourth-order valence-electron chi connectivity index (χ4n) is 4.30. The fourth-order valence-corrected chi connectivity index (χ4v) is 5.13. The van der Waals surface area contributed by atoms with E-state index in [1.54, 1.807) is 12.1 Å². The lowest BCUT2D eigenvalue weighted by Crippen LogP contribution is -2.43. The maximum Gasteiger partial charge on any atom is 0.422 e. The van der Waals surface area contributed by atoms with Gasteiger partial charge < -0.3 is 9.84 Å². The molecular formula is C29H34F4N4O4S. The maximum atomic E-state index is 15.0. The van der Waals surface area contributed by atoms with Gasteiger partial charge in [-0.2, -0.15) is 17.6 Å². The summed E-state index contributed by atoms with van der Waals surface area (Å²) in [5, 5.41) is 10.6. The molecule has 3 rings (SSSR count). The maximum absolute atomic E-state index is 15.0. The molecule has 0 saturated heterocycles. The zero-order valence-electron chi connectivity index (χ0n) is 23.6. The van der Waals surface area contributed by atoms with Crippen LogP contribution >= 0.6 is 11.3 Å². The van der Waals surface area contributed by atoms with Crippen LogP contribution in [0.4, 0.5) is 33.2 Å². The lowest BCUT2D eigenvalue weighted by molar-refractivity contribution is -0.140. The van der Waals surface area contributed by atoms with Crippen molar-refractivity contribution in [1.29, 1.82) is 0 Å². The molecule has 2 unspecified atom stereocenters. The number of unbranched alkanes of at least 4 members (excludes halogenated alkanes) is 5. The molecule has 1 aromatic carbocycles. The number of anilines is 2. The molecular weight excluding hydrogens is 576 g/mol. The summed E-state index contributed by atoms with van der Waals surface area (Å²) < 4.78 is 63.0. The second kappa shape index (κ2) is 15.1. The SMILES string of the molecule is CCCCCCCCc1ccc(N(C(=O)OC(C)NC(C)C(=O)O)c2nc(-c3cccnc3)c(F)s2)cc1C(F)(F)F. The molecule has 0 aliphatic heterocycles. The predicted octanol–water partition coefficient (Wildman–Crippen LogP) is 7.95. The molecule has 1 amide bonds. The highest BCUT2D eigenvalue weighted by molar-refractivity contribution is 7.14. The van der Waals surface area contributed by atoms with Crippen LogP contribution in [0.15, 0.2) is 42.7 Å². The second-order valence-electron chi connectivity index (χ2n) is 9.81. The standard InChI is InChI=1S/C29H34F4N4O4S/c1-4-5-6-7-8-9-11-20-13-14-22(16-23(20)29(31,32)33)37(28(40)41-19(3)35-18(2)26(38)39)27-36-24(25(30)42-27)21-12-10-15-34-17-21/h10,12-19,35H,4-9,11H2,1-3H3,(H,38,39). The minimum absolute atomic E-state index is 0.0849. The van der Waals surface area contributed by atoms with Crippen LogP contribution in [0.3, 0.4) is 0 Å². The first-order valence-corrected chi connectivity index (χ1v) is 14.5. The molecule has 0 bridgehead atoms. The van der Waals surface area contributed by atoms with Gasteiger partial charge in [0.25, 0.3) is 0 Å². The Morgan fingerprint density at radius 3 is 2.48 bits per heavy atom. The highest BCUT2D eigenvalue weighted by Crippen LogP contribution is 2.40. The predicted molar refractivity (Wildman–Crippen MR) is 152 cm³/mol. The van der Waals surface area contributed by atoms with Crippen molar-refractivity contribution in [2.75, 3.05) is 4.90 Å². The van der Waals surface area contributed by atoms with Crippen molar-refractivity contribution in [3.8, 4) is 11.3 Å². The van der Waals surface area contributed by atoms with E-state index < -0.39 is 41.2 Å². The Morgan fingerprint density at radius 1 is 1.12 bits per heavy atom.